The molecule has 2 aliphatic rings. The summed E-state index contributed by atoms with van der Waals surface area (Å²) in [5.41, 5.74) is 0.830. The maximum absolute atomic E-state index is 12.6. The number of alkyl halides is 3. The second-order valence-corrected chi connectivity index (χ2v) is 8.00. The van der Waals surface area contributed by atoms with E-state index in [4.69, 9.17) is 12.2 Å². The highest BCUT2D eigenvalue weighted by atomic mass is 32.1. The minimum atomic E-state index is -4.35. The Morgan fingerprint density at radius 2 is 1.93 bits per heavy atom. The maximum Gasteiger partial charge on any atom is 0.416 e. The van der Waals surface area contributed by atoms with Crippen LogP contribution < -0.4 is 5.32 Å². The Morgan fingerprint density at radius 3 is 2.57 bits per heavy atom. The van der Waals surface area contributed by atoms with Gasteiger partial charge >= 0.3 is 6.18 Å². The van der Waals surface area contributed by atoms with Crippen LogP contribution >= 0.6 is 12.2 Å². The van der Waals surface area contributed by atoms with Crippen LogP contribution in [-0.2, 0) is 12.7 Å². The molecule has 3 rings (SSSR count). The van der Waals surface area contributed by atoms with Gasteiger partial charge in [0.15, 0.2) is 10.9 Å². The lowest BCUT2D eigenvalue weighted by molar-refractivity contribution is -0.137. The number of allylic oxidation sites excluding steroid dienone is 2. The van der Waals surface area contributed by atoms with Crippen molar-refractivity contribution in [2.24, 2.45) is 5.41 Å². The molecule has 1 heterocycles. The lowest BCUT2D eigenvalue weighted by atomic mass is 9.73. The molecule has 0 amide bonds. The summed E-state index contributed by atoms with van der Waals surface area (Å²) in [5, 5.41) is 23.4. The molecule has 28 heavy (non-hydrogen) atoms. The molecule has 1 aromatic rings. The van der Waals surface area contributed by atoms with E-state index in [0.29, 0.717) is 30.2 Å². The number of benzene rings is 1. The van der Waals surface area contributed by atoms with Crippen molar-refractivity contribution in [3.8, 4) is 0 Å². The standard InChI is InChI=1S/C20H23F3N2O2S/c1-19-7-2-8-25(12-15(19)9-16(26)17(27)10-19)18(28)24-11-13-3-5-14(6-4-13)20(21,22)23/h3-6,9,26-27H,2,7-8,10-12H2,1H3,(H,24,28). The summed E-state index contributed by atoms with van der Waals surface area (Å²) in [6.45, 7) is 3.67. The normalized spacial score (nSPS) is 23.0. The first kappa shape index (κ1) is 20.5. The summed E-state index contributed by atoms with van der Waals surface area (Å²) >= 11 is 5.48. The van der Waals surface area contributed by atoms with E-state index in [9.17, 15) is 23.4 Å². The van der Waals surface area contributed by atoms with Gasteiger partial charge in [0.1, 0.15) is 5.76 Å². The number of rotatable bonds is 2. The van der Waals surface area contributed by atoms with Crippen molar-refractivity contribution in [3.05, 3.63) is 58.6 Å². The third kappa shape index (κ3) is 4.43. The Bertz CT molecular complexity index is 818. The van der Waals surface area contributed by atoms with Crippen LogP contribution in [0, 0.1) is 5.41 Å². The molecule has 152 valence electrons. The predicted octanol–water partition coefficient (Wildman–Crippen LogP) is 4.84. The zero-order chi connectivity index (χ0) is 20.5. The SMILES string of the molecule is CC12CCCN(C(=S)NCc3ccc(C(F)(F)F)cc3)CC1=CC(O)=C(O)C2. The van der Waals surface area contributed by atoms with E-state index in [2.05, 4.69) is 12.2 Å². The Labute approximate surface area is 167 Å². The number of hydrogen-bond acceptors (Lipinski definition) is 3. The van der Waals surface area contributed by atoms with Gasteiger partial charge in [0.2, 0.25) is 0 Å². The summed E-state index contributed by atoms with van der Waals surface area (Å²) < 4.78 is 37.9. The first-order chi connectivity index (χ1) is 13.1. The molecule has 3 N–H and O–H groups in total. The number of nitrogens with zero attached hydrogens (tertiary/aromatic N) is 1. The van der Waals surface area contributed by atoms with Crippen LogP contribution in [0.3, 0.4) is 0 Å². The Kier molecular flexibility index (Phi) is 5.61. The van der Waals surface area contributed by atoms with Gasteiger partial charge in [-0.3, -0.25) is 0 Å². The predicted molar refractivity (Wildman–Crippen MR) is 105 cm³/mol. The van der Waals surface area contributed by atoms with E-state index >= 15 is 0 Å². The molecule has 1 fully saturated rings. The summed E-state index contributed by atoms with van der Waals surface area (Å²) in [6, 6.07) is 5.00. The molecule has 0 radical (unpaired) electrons. The molecule has 1 saturated heterocycles. The Balaban J connectivity index is 1.64. The second-order valence-electron chi connectivity index (χ2n) is 7.62. The van der Waals surface area contributed by atoms with Gasteiger partial charge in [-0.2, -0.15) is 13.2 Å². The zero-order valence-corrected chi connectivity index (χ0v) is 16.3. The van der Waals surface area contributed by atoms with Crippen molar-refractivity contribution in [2.75, 3.05) is 13.1 Å². The van der Waals surface area contributed by atoms with Crippen molar-refractivity contribution in [1.82, 2.24) is 10.2 Å². The van der Waals surface area contributed by atoms with Crippen LogP contribution in [0.5, 0.6) is 0 Å². The van der Waals surface area contributed by atoms with E-state index in [-0.39, 0.29) is 16.9 Å². The van der Waals surface area contributed by atoms with Crippen LogP contribution in [0.4, 0.5) is 13.2 Å². The zero-order valence-electron chi connectivity index (χ0n) is 15.5. The molecule has 1 aliphatic carbocycles. The van der Waals surface area contributed by atoms with Gasteiger partial charge in [-0.25, -0.2) is 0 Å². The highest BCUT2D eigenvalue weighted by molar-refractivity contribution is 7.80. The maximum atomic E-state index is 12.6. The fraction of sp³-hybridized carbons (Fsp3) is 0.450. The smallest absolute Gasteiger partial charge is 0.416 e. The van der Waals surface area contributed by atoms with Gasteiger partial charge in [-0.05, 0) is 59.8 Å². The molecule has 8 heteroatoms. The van der Waals surface area contributed by atoms with Gasteiger partial charge in [-0.15, -0.1) is 0 Å². The average molecular weight is 412 g/mol. The van der Waals surface area contributed by atoms with Crippen LogP contribution in [0.2, 0.25) is 0 Å². The number of aliphatic hydroxyl groups excluding tert-OH is 2. The van der Waals surface area contributed by atoms with Crippen molar-refractivity contribution in [3.63, 3.8) is 0 Å². The largest absolute Gasteiger partial charge is 0.508 e. The van der Waals surface area contributed by atoms with Gasteiger partial charge < -0.3 is 20.4 Å². The first-order valence-corrected chi connectivity index (χ1v) is 9.50. The van der Waals surface area contributed by atoms with Crippen molar-refractivity contribution in [2.45, 2.75) is 38.9 Å². The Morgan fingerprint density at radius 1 is 1.25 bits per heavy atom. The minimum absolute atomic E-state index is 0.0164. The lowest BCUT2D eigenvalue weighted by Crippen LogP contribution is -2.41. The molecule has 0 spiro atoms. The highest BCUT2D eigenvalue weighted by Gasteiger charge is 2.37. The molecular weight excluding hydrogens is 389 g/mol. The number of thiocarbonyl (C=S) groups is 1. The fourth-order valence-electron chi connectivity index (χ4n) is 3.70. The third-order valence-electron chi connectivity index (χ3n) is 5.47. The summed E-state index contributed by atoms with van der Waals surface area (Å²) in [4.78, 5) is 1.99. The molecule has 0 bridgehead atoms. The lowest BCUT2D eigenvalue weighted by Gasteiger charge is -2.34. The van der Waals surface area contributed by atoms with E-state index in [1.54, 1.807) is 6.08 Å². The molecule has 1 atom stereocenters. The monoisotopic (exact) mass is 412 g/mol. The topological polar surface area (TPSA) is 55.7 Å². The number of nitrogens with one attached hydrogen (secondary N) is 1. The van der Waals surface area contributed by atoms with E-state index in [1.807, 2.05) is 4.90 Å². The van der Waals surface area contributed by atoms with Gasteiger partial charge in [0.05, 0.1) is 5.56 Å². The summed E-state index contributed by atoms with van der Waals surface area (Å²) in [7, 11) is 0. The molecular formula is C20H23F3N2O2S. The van der Waals surface area contributed by atoms with Gasteiger partial charge in [0, 0.05) is 26.1 Å². The van der Waals surface area contributed by atoms with Crippen molar-refractivity contribution in [1.29, 1.82) is 0 Å². The summed E-state index contributed by atoms with van der Waals surface area (Å²) in [5.74, 6) is -0.0827. The van der Waals surface area contributed by atoms with E-state index < -0.39 is 11.7 Å². The van der Waals surface area contributed by atoms with Crippen LogP contribution in [0.1, 0.15) is 37.3 Å². The molecule has 0 saturated carbocycles. The van der Waals surface area contributed by atoms with Crippen LogP contribution in [-0.4, -0.2) is 33.3 Å². The Hall–Kier alpha value is -2.22. The molecule has 1 aromatic carbocycles. The molecule has 4 nitrogen and oxygen atoms in total. The van der Waals surface area contributed by atoms with Gasteiger partial charge in [0.25, 0.3) is 0 Å². The van der Waals surface area contributed by atoms with Crippen molar-refractivity contribution >= 4 is 17.3 Å². The molecule has 0 aromatic heterocycles. The quantitative estimate of drug-likeness (QED) is 0.607. The number of likely N-dealkylation sites (tertiary alicyclic amines) is 1. The molecule has 1 unspecified atom stereocenters. The number of halogens is 3. The van der Waals surface area contributed by atoms with Gasteiger partial charge in [-0.1, -0.05) is 19.1 Å². The minimum Gasteiger partial charge on any atom is -0.508 e. The highest BCUT2D eigenvalue weighted by Crippen LogP contribution is 2.44. The van der Waals surface area contributed by atoms with Crippen LogP contribution in [0.15, 0.2) is 47.4 Å². The van der Waals surface area contributed by atoms with E-state index in [1.165, 1.54) is 12.1 Å². The third-order valence-corrected chi connectivity index (χ3v) is 5.87. The number of hydrogen-bond donors (Lipinski definition) is 3. The molecule has 1 aliphatic heterocycles. The number of fused-ring (bicyclic) bond motifs is 1. The second kappa shape index (κ2) is 7.66. The van der Waals surface area contributed by atoms with E-state index in [0.717, 1.165) is 37.1 Å². The average Bonchev–Trinajstić information content (AvgIpc) is 2.78. The first-order valence-electron chi connectivity index (χ1n) is 9.09. The summed E-state index contributed by atoms with van der Waals surface area (Å²) in [6.07, 6.45) is -0.569. The fourth-order valence-corrected chi connectivity index (χ4v) is 3.93. The van der Waals surface area contributed by atoms with Crippen LogP contribution in [0.25, 0.3) is 0 Å². The number of aliphatic hydroxyl groups is 2. The van der Waals surface area contributed by atoms with Crippen molar-refractivity contribution < 1.29 is 23.4 Å².